The number of para-hydroxylation sites is 1. The zero-order chi connectivity index (χ0) is 8.97. The van der Waals surface area contributed by atoms with Crippen molar-refractivity contribution in [2.45, 2.75) is 13.0 Å². The summed E-state index contributed by atoms with van der Waals surface area (Å²) in [6.45, 7) is 1.98. The molecule has 0 saturated carbocycles. The van der Waals surface area contributed by atoms with Gasteiger partial charge in [-0.05, 0) is 13.0 Å². The van der Waals surface area contributed by atoms with Gasteiger partial charge in [0.2, 0.25) is 0 Å². The van der Waals surface area contributed by atoms with Crippen molar-refractivity contribution < 1.29 is 4.74 Å². The lowest BCUT2D eigenvalue weighted by Crippen LogP contribution is -2.10. The van der Waals surface area contributed by atoms with Crippen LogP contribution in [-0.2, 0) is 4.74 Å². The van der Waals surface area contributed by atoms with Gasteiger partial charge in [-0.3, -0.25) is 5.84 Å². The Bertz CT molecular complexity index is 250. The minimum Gasteiger partial charge on any atom is -0.377 e. The number of hydrazine groups is 1. The normalized spacial score (nSPS) is 12.6. The second kappa shape index (κ2) is 4.09. The van der Waals surface area contributed by atoms with Gasteiger partial charge in [-0.25, -0.2) is 0 Å². The van der Waals surface area contributed by atoms with Crippen molar-refractivity contribution in [3.8, 4) is 0 Å². The maximum absolute atomic E-state index is 5.34. The van der Waals surface area contributed by atoms with Crippen molar-refractivity contribution in [2.24, 2.45) is 5.84 Å². The van der Waals surface area contributed by atoms with Crippen molar-refractivity contribution >= 4 is 5.69 Å². The number of ether oxygens (including phenoxy) is 1. The maximum atomic E-state index is 5.34. The summed E-state index contributed by atoms with van der Waals surface area (Å²) < 4.78 is 5.18. The molecule has 0 aliphatic rings. The van der Waals surface area contributed by atoms with Crippen molar-refractivity contribution in [2.75, 3.05) is 12.5 Å². The van der Waals surface area contributed by atoms with Crippen LogP contribution in [0, 0.1) is 0 Å². The van der Waals surface area contributed by atoms with Crippen LogP contribution in [0.2, 0.25) is 0 Å². The fourth-order valence-electron chi connectivity index (χ4n) is 1.11. The predicted octanol–water partition coefficient (Wildman–Crippen LogP) is 1.68. The van der Waals surface area contributed by atoms with Gasteiger partial charge in [-0.15, -0.1) is 0 Å². The summed E-state index contributed by atoms with van der Waals surface area (Å²) in [6, 6.07) is 7.81. The van der Waals surface area contributed by atoms with Crippen LogP contribution in [0.25, 0.3) is 0 Å². The summed E-state index contributed by atoms with van der Waals surface area (Å²) in [6.07, 6.45) is 0.0669. The molecule has 3 nitrogen and oxygen atoms in total. The predicted molar refractivity (Wildman–Crippen MR) is 49.7 cm³/mol. The van der Waals surface area contributed by atoms with Crippen LogP contribution in [0.15, 0.2) is 24.3 Å². The Kier molecular flexibility index (Phi) is 3.08. The highest BCUT2D eigenvalue weighted by Gasteiger charge is 2.06. The molecule has 0 fully saturated rings. The SMILES string of the molecule is COC(C)c1ccccc1NN. The van der Waals surface area contributed by atoms with Gasteiger partial charge in [0.25, 0.3) is 0 Å². The molecule has 1 rings (SSSR count). The first-order valence-corrected chi connectivity index (χ1v) is 3.88. The van der Waals surface area contributed by atoms with Gasteiger partial charge < -0.3 is 10.2 Å². The van der Waals surface area contributed by atoms with Gasteiger partial charge >= 0.3 is 0 Å². The fourth-order valence-corrected chi connectivity index (χ4v) is 1.11. The Morgan fingerprint density at radius 1 is 1.42 bits per heavy atom. The summed E-state index contributed by atoms with van der Waals surface area (Å²) in [7, 11) is 1.68. The summed E-state index contributed by atoms with van der Waals surface area (Å²) in [5, 5.41) is 0. The summed E-state index contributed by atoms with van der Waals surface area (Å²) >= 11 is 0. The first-order valence-electron chi connectivity index (χ1n) is 3.88. The number of nitrogens with two attached hydrogens (primary N) is 1. The van der Waals surface area contributed by atoms with E-state index >= 15 is 0 Å². The van der Waals surface area contributed by atoms with Crippen molar-refractivity contribution in [1.29, 1.82) is 0 Å². The number of nitrogen functional groups attached to an aromatic ring is 1. The number of hydrogen-bond donors (Lipinski definition) is 2. The first-order chi connectivity index (χ1) is 5.79. The lowest BCUT2D eigenvalue weighted by Gasteiger charge is -2.13. The molecule has 0 spiro atoms. The van der Waals surface area contributed by atoms with E-state index in [0.29, 0.717) is 0 Å². The van der Waals surface area contributed by atoms with Crippen LogP contribution in [0.1, 0.15) is 18.6 Å². The smallest absolute Gasteiger partial charge is 0.0813 e. The first kappa shape index (κ1) is 9.03. The van der Waals surface area contributed by atoms with Gasteiger partial charge in [0.15, 0.2) is 0 Å². The minimum absolute atomic E-state index is 0.0669. The number of hydrogen-bond acceptors (Lipinski definition) is 3. The molecular formula is C9H14N2O. The van der Waals surface area contributed by atoms with Gasteiger partial charge in [0.1, 0.15) is 0 Å². The third kappa shape index (κ3) is 1.75. The van der Waals surface area contributed by atoms with E-state index in [9.17, 15) is 0 Å². The molecule has 0 aliphatic carbocycles. The van der Waals surface area contributed by atoms with Gasteiger partial charge in [0.05, 0.1) is 11.8 Å². The van der Waals surface area contributed by atoms with E-state index in [1.807, 2.05) is 31.2 Å². The Morgan fingerprint density at radius 2 is 2.08 bits per heavy atom. The van der Waals surface area contributed by atoms with Crippen molar-refractivity contribution in [3.63, 3.8) is 0 Å². The second-order valence-corrected chi connectivity index (χ2v) is 2.61. The highest BCUT2D eigenvalue weighted by atomic mass is 16.5. The van der Waals surface area contributed by atoms with Crippen LogP contribution in [0.3, 0.4) is 0 Å². The zero-order valence-corrected chi connectivity index (χ0v) is 7.37. The average molecular weight is 166 g/mol. The van der Waals surface area contributed by atoms with Crippen LogP contribution in [0.4, 0.5) is 5.69 Å². The Balaban J connectivity index is 2.96. The van der Waals surface area contributed by atoms with E-state index in [1.54, 1.807) is 7.11 Å². The molecule has 0 amide bonds. The molecule has 1 aromatic rings. The lowest BCUT2D eigenvalue weighted by atomic mass is 10.1. The van der Waals surface area contributed by atoms with Gasteiger partial charge in [-0.2, -0.15) is 0 Å². The second-order valence-electron chi connectivity index (χ2n) is 2.61. The summed E-state index contributed by atoms with van der Waals surface area (Å²) in [4.78, 5) is 0. The molecule has 0 aliphatic heterocycles. The third-order valence-corrected chi connectivity index (χ3v) is 1.91. The maximum Gasteiger partial charge on any atom is 0.0813 e. The van der Waals surface area contributed by atoms with Crippen LogP contribution in [-0.4, -0.2) is 7.11 Å². The largest absolute Gasteiger partial charge is 0.377 e. The molecular weight excluding hydrogens is 152 g/mol. The van der Waals surface area contributed by atoms with Gasteiger partial charge in [-0.1, -0.05) is 18.2 Å². The Morgan fingerprint density at radius 3 is 2.67 bits per heavy atom. The van der Waals surface area contributed by atoms with E-state index in [4.69, 9.17) is 10.6 Å². The van der Waals surface area contributed by atoms with E-state index in [1.165, 1.54) is 0 Å². The molecule has 12 heavy (non-hydrogen) atoms. The van der Waals surface area contributed by atoms with Crippen LogP contribution < -0.4 is 11.3 Å². The molecule has 66 valence electrons. The van der Waals surface area contributed by atoms with Crippen LogP contribution >= 0.6 is 0 Å². The highest BCUT2D eigenvalue weighted by Crippen LogP contribution is 2.23. The number of rotatable bonds is 3. The fraction of sp³-hybridized carbons (Fsp3) is 0.333. The van der Waals surface area contributed by atoms with Crippen molar-refractivity contribution in [1.82, 2.24) is 0 Å². The topological polar surface area (TPSA) is 47.3 Å². The van der Waals surface area contributed by atoms with E-state index in [-0.39, 0.29) is 6.10 Å². The minimum atomic E-state index is 0.0669. The quantitative estimate of drug-likeness (QED) is 0.530. The van der Waals surface area contributed by atoms with E-state index in [0.717, 1.165) is 11.3 Å². The van der Waals surface area contributed by atoms with Gasteiger partial charge in [0, 0.05) is 12.7 Å². The molecule has 3 heteroatoms. The number of benzene rings is 1. The molecule has 1 aromatic carbocycles. The molecule has 0 bridgehead atoms. The summed E-state index contributed by atoms with van der Waals surface area (Å²) in [5.41, 5.74) is 4.61. The standard InChI is InChI=1S/C9H14N2O/c1-7(12-2)8-5-3-4-6-9(8)11-10/h3-7,11H,10H2,1-2H3. The molecule has 0 radical (unpaired) electrons. The van der Waals surface area contributed by atoms with E-state index < -0.39 is 0 Å². The molecule has 0 aromatic heterocycles. The third-order valence-electron chi connectivity index (χ3n) is 1.91. The molecule has 0 saturated heterocycles. The highest BCUT2D eigenvalue weighted by molar-refractivity contribution is 5.50. The number of anilines is 1. The molecule has 1 unspecified atom stereocenters. The monoisotopic (exact) mass is 166 g/mol. The van der Waals surface area contributed by atoms with Crippen LogP contribution in [0.5, 0.6) is 0 Å². The number of nitrogens with one attached hydrogen (secondary N) is 1. The lowest BCUT2D eigenvalue weighted by molar-refractivity contribution is 0.120. The van der Waals surface area contributed by atoms with Crippen molar-refractivity contribution in [3.05, 3.63) is 29.8 Å². The number of methoxy groups -OCH3 is 1. The average Bonchev–Trinajstić information content (AvgIpc) is 2.16. The molecule has 1 atom stereocenters. The molecule has 0 heterocycles. The van der Waals surface area contributed by atoms with E-state index in [2.05, 4.69) is 5.43 Å². The Labute approximate surface area is 72.5 Å². The zero-order valence-electron chi connectivity index (χ0n) is 7.37. The Hall–Kier alpha value is -1.06. The summed E-state index contributed by atoms with van der Waals surface area (Å²) in [5.74, 6) is 5.34. The molecule has 3 N–H and O–H groups in total.